The van der Waals surface area contributed by atoms with Crippen molar-refractivity contribution in [1.82, 2.24) is 9.80 Å². The summed E-state index contributed by atoms with van der Waals surface area (Å²) in [7, 11) is 2.12. The fourth-order valence-corrected chi connectivity index (χ4v) is 9.45. The lowest BCUT2D eigenvalue weighted by atomic mass is 10.2. The van der Waals surface area contributed by atoms with Crippen LogP contribution in [0, 0.1) is 0 Å². The summed E-state index contributed by atoms with van der Waals surface area (Å²) in [4.78, 5) is 17.4. The van der Waals surface area contributed by atoms with Crippen molar-refractivity contribution in [2.24, 2.45) is 0 Å². The molecule has 7 aromatic rings. The maximum atomic E-state index is 8.00. The van der Waals surface area contributed by atoms with Crippen LogP contribution in [0.3, 0.4) is 0 Å². The third kappa shape index (κ3) is 7.34. The molecular weight excluding hydrogens is 817 g/mol. The molecule has 0 aromatic heterocycles. The summed E-state index contributed by atoms with van der Waals surface area (Å²) in [5.74, 6) is 2.96. The number of allylic oxidation sites excluding steroid dienone is 4. The molecule has 10 heteroatoms. The number of hydrogen-bond acceptors (Lipinski definition) is 10. The number of fused-ring (bicyclic) bond motifs is 2. The van der Waals surface area contributed by atoms with E-state index in [4.69, 9.17) is 13.6 Å². The lowest BCUT2D eigenvalue weighted by molar-refractivity contribution is 0.459. The number of hydrogen-bond donors (Lipinski definition) is 0. The Morgan fingerprint density at radius 3 is 0.970 bits per heavy atom. The van der Waals surface area contributed by atoms with Crippen molar-refractivity contribution in [3.8, 4) is 23.0 Å². The first-order valence-electron chi connectivity index (χ1n) is 23.9. The molecule has 0 bridgehead atoms. The van der Waals surface area contributed by atoms with Gasteiger partial charge < -0.3 is 48.7 Å². The number of rotatable bonds is 10. The quantitative estimate of drug-likeness (QED) is 0.133. The monoisotopic (exact) mass is 873 g/mol. The fourth-order valence-electron chi connectivity index (χ4n) is 9.45. The van der Waals surface area contributed by atoms with Crippen molar-refractivity contribution in [1.29, 1.82) is 0 Å². The maximum Gasteiger partial charge on any atom is 0.129 e. The zero-order valence-electron chi connectivity index (χ0n) is 40.9. The third-order valence-electron chi connectivity index (χ3n) is 13.4. The van der Waals surface area contributed by atoms with Gasteiger partial charge in [-0.1, -0.05) is 48.5 Å². The van der Waals surface area contributed by atoms with E-state index < -0.39 is 6.98 Å². The van der Waals surface area contributed by atoms with Crippen molar-refractivity contribution in [2.75, 3.05) is 70.1 Å². The molecule has 0 atom stereocenters. The number of anilines is 10. The van der Waals surface area contributed by atoms with Gasteiger partial charge in [0.2, 0.25) is 0 Å². The summed E-state index contributed by atoms with van der Waals surface area (Å²) < 4.78 is 37.0. The van der Waals surface area contributed by atoms with Crippen LogP contribution in [0.2, 0.25) is 0 Å². The molecule has 0 unspecified atom stereocenters. The van der Waals surface area contributed by atoms with E-state index in [-0.39, 0.29) is 6.67 Å². The van der Waals surface area contributed by atoms with Crippen LogP contribution in [-0.2, 0) is 0 Å². The molecule has 0 saturated carbocycles. The molecule has 0 N–H and O–H groups in total. The van der Waals surface area contributed by atoms with Gasteiger partial charge in [0.1, 0.15) is 36.3 Å². The van der Waals surface area contributed by atoms with E-state index in [1.54, 1.807) is 0 Å². The maximum absolute atomic E-state index is 8.00. The van der Waals surface area contributed by atoms with E-state index in [9.17, 15) is 0 Å². The lowest BCUT2D eigenvalue weighted by Crippen LogP contribution is -2.25. The zero-order valence-corrected chi connectivity index (χ0v) is 37.9. The molecule has 0 spiro atoms. The Balaban J connectivity index is 0.795. The minimum atomic E-state index is -2.21. The van der Waals surface area contributed by atoms with E-state index in [1.165, 1.54) is 16.3 Å². The standard InChI is InChI=1S/C56H54N8O2/c1-39-41(3)59(35-57(39)5)45-15-11-19-49(31-45)65-51-21-13-17-47(33-51)63-37-61(53-23-7-9-25-55(53)63)43-27-29-44(30-28-43)62-38-64(56-26-10-8-24-54(56)62)48-18-14-22-52(34-48)66-50-20-12-16-46(32-50)60-36-58(6)40(2)42(60)4/h7-34H,35-38H2,1-6H3/i5D3. The first kappa shape index (κ1) is 37.4. The molecule has 0 radical (unpaired) electrons. The number of ether oxygens (including phenoxy) is 2. The highest BCUT2D eigenvalue weighted by Gasteiger charge is 2.31. The highest BCUT2D eigenvalue weighted by Crippen LogP contribution is 2.48. The summed E-state index contributed by atoms with van der Waals surface area (Å²) in [6.07, 6.45) is 0. The first-order valence-corrected chi connectivity index (χ1v) is 22.4. The number of benzene rings is 7. The Kier molecular flexibility index (Phi) is 9.37. The van der Waals surface area contributed by atoms with Crippen LogP contribution in [0.15, 0.2) is 193 Å². The Morgan fingerprint density at radius 1 is 0.333 bits per heavy atom. The van der Waals surface area contributed by atoms with E-state index in [0.717, 1.165) is 86.4 Å². The van der Waals surface area contributed by atoms with Crippen LogP contribution in [0.5, 0.6) is 23.0 Å². The van der Waals surface area contributed by atoms with Crippen LogP contribution in [0.4, 0.5) is 56.9 Å². The normalized spacial score (nSPS) is 16.6. The SMILES string of the molecule is [2H]C([2H])([2H])N1CN(c2cccc(Oc3cccc(N4CN(c5ccc(N6CN(c7cccc(Oc8cccc(N9CN(C)C(C)=C9C)c8)c7)c7ccccc76)cc5)c5ccccc54)c3)c2)C(C)=C1C. The van der Waals surface area contributed by atoms with E-state index >= 15 is 0 Å². The largest absolute Gasteiger partial charge is 0.457 e. The second kappa shape index (κ2) is 16.5. The fraction of sp³-hybridized carbons (Fsp3) is 0.179. The molecule has 66 heavy (non-hydrogen) atoms. The Labute approximate surface area is 392 Å². The summed E-state index contributed by atoms with van der Waals surface area (Å²) in [5, 5.41) is 0. The van der Waals surface area contributed by atoms with E-state index in [1.807, 2.05) is 67.3 Å². The van der Waals surface area contributed by atoms with Gasteiger partial charge in [0, 0.05) is 99.3 Å². The lowest BCUT2D eigenvalue weighted by Gasteiger charge is -2.25. The van der Waals surface area contributed by atoms with Gasteiger partial charge in [0.15, 0.2) is 0 Å². The number of para-hydroxylation sites is 4. The van der Waals surface area contributed by atoms with Gasteiger partial charge in [-0.05, 0) is 125 Å². The molecule has 0 aliphatic carbocycles. The average Bonchev–Trinajstić information content (AvgIpc) is 4.10. The molecule has 0 fully saturated rings. The van der Waals surface area contributed by atoms with E-state index in [2.05, 4.69) is 172 Å². The summed E-state index contributed by atoms with van der Waals surface area (Å²) in [6, 6.07) is 58.6. The van der Waals surface area contributed by atoms with Crippen LogP contribution in [-0.4, -0.2) is 50.5 Å². The molecule has 0 amide bonds. The van der Waals surface area contributed by atoms with Gasteiger partial charge >= 0.3 is 0 Å². The molecule has 0 saturated heterocycles. The molecule has 4 aliphatic heterocycles. The van der Waals surface area contributed by atoms with Gasteiger partial charge in [-0.3, -0.25) is 0 Å². The molecule has 10 nitrogen and oxygen atoms in total. The van der Waals surface area contributed by atoms with Gasteiger partial charge in [-0.15, -0.1) is 0 Å². The van der Waals surface area contributed by atoms with Crippen molar-refractivity contribution in [3.05, 3.63) is 193 Å². The highest BCUT2D eigenvalue weighted by atomic mass is 16.5. The highest BCUT2D eigenvalue weighted by molar-refractivity contribution is 5.89. The molecule has 330 valence electrons. The van der Waals surface area contributed by atoms with Crippen molar-refractivity contribution in [2.45, 2.75) is 27.7 Å². The van der Waals surface area contributed by atoms with Gasteiger partial charge in [-0.2, -0.15) is 0 Å². The van der Waals surface area contributed by atoms with Crippen LogP contribution in [0.25, 0.3) is 0 Å². The van der Waals surface area contributed by atoms with Crippen LogP contribution >= 0.6 is 0 Å². The van der Waals surface area contributed by atoms with Crippen molar-refractivity contribution >= 4 is 56.9 Å². The topological polar surface area (TPSA) is 44.4 Å². The summed E-state index contributed by atoms with van der Waals surface area (Å²) >= 11 is 0. The Bertz CT molecular complexity index is 3150. The van der Waals surface area contributed by atoms with Crippen molar-refractivity contribution < 1.29 is 13.6 Å². The molecule has 7 aromatic carbocycles. The Hall–Kier alpha value is -7.98. The predicted molar refractivity (Wildman–Crippen MR) is 270 cm³/mol. The zero-order chi connectivity index (χ0) is 47.6. The van der Waals surface area contributed by atoms with Gasteiger partial charge in [0.05, 0.1) is 36.1 Å². The first-order chi connectivity index (χ1) is 33.4. The average molecular weight is 874 g/mol. The minimum Gasteiger partial charge on any atom is -0.457 e. The van der Waals surface area contributed by atoms with Gasteiger partial charge in [-0.25, -0.2) is 0 Å². The third-order valence-corrected chi connectivity index (χ3v) is 13.4. The minimum absolute atomic E-state index is 0.254. The second-order valence-electron chi connectivity index (χ2n) is 17.3. The number of nitrogens with zero attached hydrogens (tertiary/aromatic N) is 8. The summed E-state index contributed by atoms with van der Waals surface area (Å²) in [6.45, 7) is 8.26. The molecule has 4 heterocycles. The predicted octanol–water partition coefficient (Wildman–Crippen LogP) is 13.7. The molecular formula is C56H54N8O2. The van der Waals surface area contributed by atoms with Crippen LogP contribution < -0.4 is 38.9 Å². The smallest absolute Gasteiger partial charge is 0.129 e. The molecule has 4 aliphatic rings. The van der Waals surface area contributed by atoms with Crippen LogP contribution in [0.1, 0.15) is 31.8 Å². The Morgan fingerprint density at radius 2 is 0.652 bits per heavy atom. The van der Waals surface area contributed by atoms with E-state index in [0.29, 0.717) is 24.8 Å². The second-order valence-corrected chi connectivity index (χ2v) is 17.3. The summed E-state index contributed by atoms with van der Waals surface area (Å²) in [5.41, 5.74) is 14.9. The van der Waals surface area contributed by atoms with Crippen molar-refractivity contribution in [3.63, 3.8) is 0 Å². The molecule has 11 rings (SSSR count). The van der Waals surface area contributed by atoms with Gasteiger partial charge in [0.25, 0.3) is 0 Å².